The standard InChI is InChI=1S/C35H68O5.C3H7NO2/c1-3-5-7-9-11-13-15-17-19-21-23-25-27-29-34(37)39-32-33(31-36)40-35(38)30-28-26-24-22-20-18-16-14-12-10-8-6-4-2;1-2(4)3(5)6/h33,36H,3-32H2,1-2H3;2H,4H2,1H3,(H,5,6)/t33-;2-/m10/s1. The molecule has 274 valence electrons. The quantitative estimate of drug-likeness (QED) is 0.0469. The van der Waals surface area contributed by atoms with Crippen LogP contribution in [0, 0.1) is 0 Å². The largest absolute Gasteiger partial charge is 0.480 e. The molecule has 0 aromatic rings. The predicted octanol–water partition coefficient (Wildman–Crippen LogP) is 9.81. The number of carboxylic acids is 1. The van der Waals surface area contributed by atoms with E-state index in [9.17, 15) is 19.5 Å². The van der Waals surface area contributed by atoms with Crippen LogP contribution in [0.4, 0.5) is 0 Å². The molecular formula is C38H75NO7. The summed E-state index contributed by atoms with van der Waals surface area (Å²) >= 11 is 0. The van der Waals surface area contributed by atoms with Crippen molar-refractivity contribution in [3.8, 4) is 0 Å². The van der Waals surface area contributed by atoms with Gasteiger partial charge < -0.3 is 25.4 Å². The first-order chi connectivity index (χ1) is 22.3. The van der Waals surface area contributed by atoms with Crippen molar-refractivity contribution < 1.29 is 34.1 Å². The Kier molecular flexibility index (Phi) is 38.2. The summed E-state index contributed by atoms with van der Waals surface area (Å²) in [5.41, 5.74) is 4.84. The van der Waals surface area contributed by atoms with Crippen LogP contribution < -0.4 is 5.73 Å². The molecule has 0 spiro atoms. The zero-order valence-electron chi connectivity index (χ0n) is 30.4. The van der Waals surface area contributed by atoms with E-state index < -0.39 is 18.1 Å². The second-order valence-electron chi connectivity index (χ2n) is 13.1. The molecule has 8 nitrogen and oxygen atoms in total. The van der Waals surface area contributed by atoms with Crippen molar-refractivity contribution in [2.24, 2.45) is 5.73 Å². The second kappa shape index (κ2) is 37.8. The molecule has 0 fully saturated rings. The van der Waals surface area contributed by atoms with Crippen LogP contribution in [0.1, 0.15) is 201 Å². The number of hydrogen-bond acceptors (Lipinski definition) is 7. The Morgan fingerprint density at radius 2 is 0.826 bits per heavy atom. The molecule has 0 bridgehead atoms. The van der Waals surface area contributed by atoms with Gasteiger partial charge in [0.25, 0.3) is 0 Å². The lowest BCUT2D eigenvalue weighted by Crippen LogP contribution is -2.28. The van der Waals surface area contributed by atoms with E-state index in [1.54, 1.807) is 0 Å². The summed E-state index contributed by atoms with van der Waals surface area (Å²) in [6.45, 7) is 5.56. The van der Waals surface area contributed by atoms with E-state index in [1.165, 1.54) is 142 Å². The molecular weight excluding hydrogens is 582 g/mol. The lowest BCUT2D eigenvalue weighted by molar-refractivity contribution is -0.161. The molecule has 0 radical (unpaired) electrons. The van der Waals surface area contributed by atoms with Crippen LogP contribution in [0.25, 0.3) is 0 Å². The van der Waals surface area contributed by atoms with Gasteiger partial charge in [-0.3, -0.25) is 14.4 Å². The summed E-state index contributed by atoms with van der Waals surface area (Å²) in [5, 5.41) is 17.4. The van der Waals surface area contributed by atoms with Crippen molar-refractivity contribution in [2.45, 2.75) is 213 Å². The number of carbonyl (C=O) groups excluding carboxylic acids is 2. The van der Waals surface area contributed by atoms with Crippen molar-refractivity contribution in [1.29, 1.82) is 0 Å². The molecule has 0 heterocycles. The molecule has 4 N–H and O–H groups in total. The van der Waals surface area contributed by atoms with E-state index in [0.29, 0.717) is 12.8 Å². The fourth-order valence-corrected chi connectivity index (χ4v) is 5.20. The summed E-state index contributed by atoms with van der Waals surface area (Å²) in [6, 6.07) is -0.731. The number of ether oxygens (including phenoxy) is 2. The number of carboxylic acid groups (broad SMARTS) is 1. The molecule has 46 heavy (non-hydrogen) atoms. The molecule has 0 amide bonds. The summed E-state index contributed by atoms with van der Waals surface area (Å²) in [6.07, 6.45) is 32.9. The van der Waals surface area contributed by atoms with Gasteiger partial charge in [-0.1, -0.05) is 168 Å². The molecule has 0 rings (SSSR count). The number of aliphatic carboxylic acids is 1. The zero-order valence-corrected chi connectivity index (χ0v) is 30.4. The summed E-state index contributed by atoms with van der Waals surface area (Å²) < 4.78 is 10.6. The summed E-state index contributed by atoms with van der Waals surface area (Å²) in [5.74, 6) is -1.54. The molecule has 0 unspecified atom stereocenters. The van der Waals surface area contributed by atoms with Gasteiger partial charge in [-0.05, 0) is 19.8 Å². The lowest BCUT2D eigenvalue weighted by atomic mass is 10.0. The third kappa shape index (κ3) is 38.5. The highest BCUT2D eigenvalue weighted by Crippen LogP contribution is 2.15. The monoisotopic (exact) mass is 658 g/mol. The maximum atomic E-state index is 12.1. The molecule has 0 aliphatic carbocycles. The van der Waals surface area contributed by atoms with Crippen LogP contribution in [0.5, 0.6) is 0 Å². The smallest absolute Gasteiger partial charge is 0.320 e. The SMILES string of the molecule is CCCCCCCCCCCCCCCC(=O)OC[C@@H](CO)OC(=O)CCCCCCCCCCCCCCC.C[C@H](N)C(=O)O. The highest BCUT2D eigenvalue weighted by atomic mass is 16.6. The number of rotatable bonds is 33. The minimum Gasteiger partial charge on any atom is -0.480 e. The normalized spacial score (nSPS) is 12.2. The van der Waals surface area contributed by atoms with Crippen LogP contribution in [-0.4, -0.2) is 53.5 Å². The fraction of sp³-hybridized carbons (Fsp3) is 0.921. The Morgan fingerprint density at radius 1 is 0.543 bits per heavy atom. The number of nitrogens with two attached hydrogens (primary N) is 1. The third-order valence-electron chi connectivity index (χ3n) is 8.29. The van der Waals surface area contributed by atoms with Crippen molar-refractivity contribution in [3.63, 3.8) is 0 Å². The summed E-state index contributed by atoms with van der Waals surface area (Å²) in [7, 11) is 0. The minimum absolute atomic E-state index is 0.0574. The van der Waals surface area contributed by atoms with Crippen LogP contribution in [0.2, 0.25) is 0 Å². The van der Waals surface area contributed by atoms with Gasteiger partial charge in [-0.2, -0.15) is 0 Å². The maximum Gasteiger partial charge on any atom is 0.320 e. The Morgan fingerprint density at radius 3 is 1.11 bits per heavy atom. The number of unbranched alkanes of at least 4 members (excludes halogenated alkanes) is 24. The molecule has 0 aliphatic heterocycles. The first-order valence-electron chi connectivity index (χ1n) is 19.2. The van der Waals surface area contributed by atoms with Crippen molar-refractivity contribution >= 4 is 17.9 Å². The van der Waals surface area contributed by atoms with E-state index in [0.717, 1.165) is 32.1 Å². The van der Waals surface area contributed by atoms with Crippen LogP contribution in [0.15, 0.2) is 0 Å². The highest BCUT2D eigenvalue weighted by molar-refractivity contribution is 5.72. The topological polar surface area (TPSA) is 136 Å². The first-order valence-corrected chi connectivity index (χ1v) is 19.2. The number of carbonyl (C=O) groups is 3. The average molecular weight is 658 g/mol. The number of aliphatic hydroxyl groups excluding tert-OH is 1. The zero-order chi connectivity index (χ0) is 34.5. The van der Waals surface area contributed by atoms with Gasteiger partial charge in [-0.15, -0.1) is 0 Å². The van der Waals surface area contributed by atoms with Crippen LogP contribution >= 0.6 is 0 Å². The van der Waals surface area contributed by atoms with E-state index >= 15 is 0 Å². The molecule has 0 saturated carbocycles. The Labute approximate surface area is 283 Å². The van der Waals surface area contributed by atoms with Crippen LogP contribution in [-0.2, 0) is 23.9 Å². The molecule has 0 aliphatic rings. The molecule has 2 atom stereocenters. The van der Waals surface area contributed by atoms with E-state index in [1.807, 2.05) is 0 Å². The number of aliphatic hydroxyl groups is 1. The van der Waals surface area contributed by atoms with Crippen molar-refractivity contribution in [3.05, 3.63) is 0 Å². The molecule has 0 aromatic carbocycles. The van der Waals surface area contributed by atoms with Gasteiger partial charge in [0.1, 0.15) is 12.6 Å². The van der Waals surface area contributed by atoms with E-state index in [2.05, 4.69) is 13.8 Å². The van der Waals surface area contributed by atoms with Crippen LogP contribution in [0.3, 0.4) is 0 Å². The Hall–Kier alpha value is -1.67. The average Bonchev–Trinajstić information content (AvgIpc) is 3.03. The van der Waals surface area contributed by atoms with Gasteiger partial charge in [-0.25, -0.2) is 0 Å². The van der Waals surface area contributed by atoms with E-state index in [4.69, 9.17) is 20.3 Å². The van der Waals surface area contributed by atoms with Crippen molar-refractivity contribution in [2.75, 3.05) is 13.2 Å². The van der Waals surface area contributed by atoms with Gasteiger partial charge in [0.15, 0.2) is 6.10 Å². The predicted molar refractivity (Wildman–Crippen MR) is 190 cm³/mol. The number of esters is 2. The lowest BCUT2D eigenvalue weighted by Gasteiger charge is -2.15. The fourth-order valence-electron chi connectivity index (χ4n) is 5.20. The van der Waals surface area contributed by atoms with E-state index in [-0.39, 0.29) is 25.2 Å². The second-order valence-corrected chi connectivity index (χ2v) is 13.1. The molecule has 0 aromatic heterocycles. The Balaban J connectivity index is 0. The van der Waals surface area contributed by atoms with Gasteiger partial charge in [0, 0.05) is 12.8 Å². The van der Waals surface area contributed by atoms with Crippen molar-refractivity contribution in [1.82, 2.24) is 0 Å². The summed E-state index contributed by atoms with van der Waals surface area (Å²) in [4.78, 5) is 33.7. The first kappa shape index (κ1) is 46.4. The highest BCUT2D eigenvalue weighted by Gasteiger charge is 2.16. The third-order valence-corrected chi connectivity index (χ3v) is 8.29. The maximum absolute atomic E-state index is 12.1. The minimum atomic E-state index is -0.963. The number of hydrogen-bond donors (Lipinski definition) is 3. The molecule has 0 saturated heterocycles. The van der Waals surface area contributed by atoms with Gasteiger partial charge in [0.05, 0.1) is 6.61 Å². The van der Waals surface area contributed by atoms with Gasteiger partial charge >= 0.3 is 17.9 Å². The Bertz CT molecular complexity index is 671. The molecule has 8 heteroatoms. The van der Waals surface area contributed by atoms with Gasteiger partial charge in [0.2, 0.25) is 0 Å².